The Balaban J connectivity index is 1.68. The van der Waals surface area contributed by atoms with E-state index in [1.807, 2.05) is 24.0 Å². The Morgan fingerprint density at radius 3 is 2.47 bits per heavy atom. The summed E-state index contributed by atoms with van der Waals surface area (Å²) in [6, 6.07) is 10.9. The van der Waals surface area contributed by atoms with Gasteiger partial charge in [-0.1, -0.05) is 31.2 Å². The first-order chi connectivity index (χ1) is 14.5. The predicted molar refractivity (Wildman–Crippen MR) is 113 cm³/mol. The predicted octanol–water partition coefficient (Wildman–Crippen LogP) is 3.65. The maximum Gasteiger partial charge on any atom is 0.335 e. The van der Waals surface area contributed by atoms with Gasteiger partial charge in [0.05, 0.1) is 11.4 Å². The van der Waals surface area contributed by atoms with Gasteiger partial charge in [-0.3, -0.25) is 14.9 Å². The Bertz CT molecular complexity index is 1060. The molecule has 0 aromatic heterocycles. The molecule has 6 nitrogen and oxygen atoms in total. The molecule has 30 heavy (non-hydrogen) atoms. The number of hydrogen-bond donors (Lipinski definition) is 1. The molecule has 0 radical (unpaired) electrons. The normalized spacial score (nSPS) is 18.3. The third-order valence-corrected chi connectivity index (χ3v) is 5.44. The van der Waals surface area contributed by atoms with Gasteiger partial charge in [0.1, 0.15) is 11.4 Å². The van der Waals surface area contributed by atoms with E-state index in [4.69, 9.17) is 0 Å². The zero-order valence-corrected chi connectivity index (χ0v) is 16.7. The molecule has 2 aliphatic heterocycles. The van der Waals surface area contributed by atoms with Crippen LogP contribution in [0.25, 0.3) is 6.08 Å². The minimum absolute atomic E-state index is 0.214. The van der Waals surface area contributed by atoms with Gasteiger partial charge < -0.3 is 4.90 Å². The van der Waals surface area contributed by atoms with Gasteiger partial charge in [0.25, 0.3) is 11.8 Å². The van der Waals surface area contributed by atoms with Crippen molar-refractivity contribution < 1.29 is 18.8 Å². The van der Waals surface area contributed by atoms with Gasteiger partial charge in [-0.15, -0.1) is 0 Å². The molecule has 2 aliphatic rings. The van der Waals surface area contributed by atoms with E-state index in [1.165, 1.54) is 12.1 Å². The molecule has 0 unspecified atom stereocenters. The summed E-state index contributed by atoms with van der Waals surface area (Å²) in [5.74, 6) is -1.92. The number of nitrogens with zero attached hydrogens (tertiary/aromatic N) is 2. The molecule has 1 N–H and O–H groups in total. The lowest BCUT2D eigenvalue weighted by Crippen LogP contribution is -2.54. The number of para-hydroxylation sites is 1. The molecular formula is C23H22FN3O3. The number of hydrogen-bond acceptors (Lipinski definition) is 4. The van der Waals surface area contributed by atoms with E-state index in [0.717, 1.165) is 36.4 Å². The van der Waals surface area contributed by atoms with Crippen LogP contribution in [-0.4, -0.2) is 30.9 Å². The first-order valence-corrected chi connectivity index (χ1v) is 10.0. The number of benzene rings is 2. The van der Waals surface area contributed by atoms with Crippen LogP contribution < -0.4 is 15.1 Å². The highest BCUT2D eigenvalue weighted by molar-refractivity contribution is 6.39. The quantitative estimate of drug-likeness (QED) is 0.620. The molecule has 0 bridgehead atoms. The number of halogens is 1. The average molecular weight is 407 g/mol. The maximum atomic E-state index is 14.6. The summed E-state index contributed by atoms with van der Waals surface area (Å²) in [6.07, 6.45) is 4.00. The highest BCUT2D eigenvalue weighted by Gasteiger charge is 2.37. The Labute approximate surface area is 174 Å². The van der Waals surface area contributed by atoms with Crippen LogP contribution in [0.15, 0.2) is 48.0 Å². The standard InChI is InChI=1S/C23H22FN3O3/c1-2-16-7-3-4-8-19(16)27-22(29)17(21(28)25-23(27)30)13-15-9-10-20(18(24)14-15)26-11-5-6-12-26/h3-4,7-10,13-14H,2,5-6,11-12H2,1H3,(H,25,28,30)/b17-13+. The molecule has 154 valence electrons. The molecule has 7 heteroatoms. The van der Waals surface area contributed by atoms with Crippen LogP contribution in [0.3, 0.4) is 0 Å². The van der Waals surface area contributed by atoms with Crippen molar-refractivity contribution in [2.75, 3.05) is 22.9 Å². The maximum absolute atomic E-state index is 14.6. The molecule has 0 aliphatic carbocycles. The van der Waals surface area contributed by atoms with E-state index in [0.29, 0.717) is 23.4 Å². The van der Waals surface area contributed by atoms with Gasteiger partial charge in [0.2, 0.25) is 0 Å². The summed E-state index contributed by atoms with van der Waals surface area (Å²) in [7, 11) is 0. The molecular weight excluding hydrogens is 385 g/mol. The van der Waals surface area contributed by atoms with Crippen LogP contribution in [0.1, 0.15) is 30.9 Å². The minimum atomic E-state index is -0.793. The number of anilines is 2. The second-order valence-corrected chi connectivity index (χ2v) is 7.35. The third kappa shape index (κ3) is 3.58. The molecule has 0 atom stereocenters. The lowest BCUT2D eigenvalue weighted by molar-refractivity contribution is -0.122. The van der Waals surface area contributed by atoms with Crippen molar-refractivity contribution in [2.24, 2.45) is 0 Å². The number of aryl methyl sites for hydroxylation is 1. The highest BCUT2D eigenvalue weighted by atomic mass is 19.1. The molecule has 0 spiro atoms. The number of urea groups is 1. The third-order valence-electron chi connectivity index (χ3n) is 5.44. The average Bonchev–Trinajstić information content (AvgIpc) is 3.26. The second-order valence-electron chi connectivity index (χ2n) is 7.35. The van der Waals surface area contributed by atoms with Crippen molar-refractivity contribution in [3.8, 4) is 0 Å². The summed E-state index contributed by atoms with van der Waals surface area (Å²) in [4.78, 5) is 40.8. The van der Waals surface area contributed by atoms with E-state index >= 15 is 0 Å². The van der Waals surface area contributed by atoms with Gasteiger partial charge >= 0.3 is 6.03 Å². The van der Waals surface area contributed by atoms with Crippen molar-refractivity contribution in [3.63, 3.8) is 0 Å². The van der Waals surface area contributed by atoms with E-state index in [9.17, 15) is 18.8 Å². The minimum Gasteiger partial charge on any atom is -0.369 e. The summed E-state index contributed by atoms with van der Waals surface area (Å²) < 4.78 is 14.6. The fourth-order valence-electron chi connectivity index (χ4n) is 3.90. The van der Waals surface area contributed by atoms with Crippen LogP contribution in [0, 0.1) is 5.82 Å². The van der Waals surface area contributed by atoms with E-state index in [1.54, 1.807) is 24.3 Å². The monoisotopic (exact) mass is 407 g/mol. The highest BCUT2D eigenvalue weighted by Crippen LogP contribution is 2.28. The summed E-state index contributed by atoms with van der Waals surface area (Å²) in [5, 5.41) is 2.21. The summed E-state index contributed by atoms with van der Waals surface area (Å²) in [6.45, 7) is 3.54. The zero-order chi connectivity index (χ0) is 21.3. The van der Waals surface area contributed by atoms with Crippen molar-refractivity contribution in [2.45, 2.75) is 26.2 Å². The smallest absolute Gasteiger partial charge is 0.335 e. The zero-order valence-electron chi connectivity index (χ0n) is 16.7. The van der Waals surface area contributed by atoms with Gasteiger partial charge in [-0.05, 0) is 54.7 Å². The van der Waals surface area contributed by atoms with Crippen molar-refractivity contribution in [1.29, 1.82) is 0 Å². The Hall–Kier alpha value is -3.48. The fourth-order valence-corrected chi connectivity index (χ4v) is 3.90. The van der Waals surface area contributed by atoms with E-state index in [-0.39, 0.29) is 5.57 Å². The van der Waals surface area contributed by atoms with Gasteiger partial charge in [0, 0.05) is 13.1 Å². The van der Waals surface area contributed by atoms with E-state index in [2.05, 4.69) is 5.32 Å². The van der Waals surface area contributed by atoms with Crippen molar-refractivity contribution in [1.82, 2.24) is 5.32 Å². The molecule has 2 aromatic rings. The summed E-state index contributed by atoms with van der Waals surface area (Å²) in [5.41, 5.74) is 1.91. The number of rotatable bonds is 4. The Morgan fingerprint density at radius 2 is 1.77 bits per heavy atom. The van der Waals surface area contributed by atoms with Gasteiger partial charge in [-0.2, -0.15) is 0 Å². The Kier molecular flexibility index (Phi) is 5.35. The number of imide groups is 2. The number of amides is 4. The molecule has 2 heterocycles. The lowest BCUT2D eigenvalue weighted by atomic mass is 10.0. The molecule has 2 aromatic carbocycles. The van der Waals surface area contributed by atoms with Crippen LogP contribution in [0.5, 0.6) is 0 Å². The number of nitrogens with one attached hydrogen (secondary N) is 1. The number of carbonyl (C=O) groups excluding carboxylic acids is 3. The molecule has 2 fully saturated rings. The fraction of sp³-hybridized carbons (Fsp3) is 0.261. The number of barbiturate groups is 1. The van der Waals surface area contributed by atoms with Crippen LogP contribution >= 0.6 is 0 Å². The van der Waals surface area contributed by atoms with Gasteiger partial charge in [-0.25, -0.2) is 14.1 Å². The lowest BCUT2D eigenvalue weighted by Gasteiger charge is -2.28. The molecule has 2 saturated heterocycles. The molecule has 0 saturated carbocycles. The largest absolute Gasteiger partial charge is 0.369 e. The topological polar surface area (TPSA) is 69.7 Å². The SMILES string of the molecule is CCc1ccccc1N1C(=O)NC(=O)/C(=C\c2ccc(N3CCCC3)c(F)c2)C1=O. The van der Waals surface area contributed by atoms with E-state index < -0.39 is 23.7 Å². The summed E-state index contributed by atoms with van der Waals surface area (Å²) >= 11 is 0. The first kappa shape index (κ1) is 19.8. The molecule has 4 amide bonds. The van der Waals surface area contributed by atoms with Crippen LogP contribution in [0.2, 0.25) is 0 Å². The van der Waals surface area contributed by atoms with Crippen LogP contribution in [0.4, 0.5) is 20.6 Å². The van der Waals surface area contributed by atoms with Crippen molar-refractivity contribution in [3.05, 3.63) is 65.0 Å². The molecule has 4 rings (SSSR count). The second kappa shape index (κ2) is 8.10. The Morgan fingerprint density at radius 1 is 1.03 bits per heavy atom. The van der Waals surface area contributed by atoms with Crippen LogP contribution in [-0.2, 0) is 16.0 Å². The first-order valence-electron chi connectivity index (χ1n) is 10.0. The number of carbonyl (C=O) groups is 3. The van der Waals surface area contributed by atoms with Gasteiger partial charge in [0.15, 0.2) is 0 Å². The van der Waals surface area contributed by atoms with Crippen molar-refractivity contribution >= 4 is 35.3 Å².